The molecule has 0 aromatic carbocycles. The molecule has 186 valence electrons. The van der Waals surface area contributed by atoms with Crippen LogP contribution < -0.4 is 4.90 Å². The molecule has 1 aliphatic carbocycles. The van der Waals surface area contributed by atoms with E-state index in [1.807, 2.05) is 12.3 Å². The van der Waals surface area contributed by atoms with E-state index < -0.39 is 0 Å². The van der Waals surface area contributed by atoms with E-state index in [-0.39, 0.29) is 11.5 Å². The number of hydrogen-bond donors (Lipinski definition) is 0. The van der Waals surface area contributed by atoms with Crippen LogP contribution in [0.25, 0.3) is 0 Å². The summed E-state index contributed by atoms with van der Waals surface area (Å²) in [6.07, 6.45) is 13.2. The number of aromatic nitrogens is 4. The normalized spacial score (nSPS) is 30.1. The first-order valence-corrected chi connectivity index (χ1v) is 13.5. The van der Waals surface area contributed by atoms with Crippen LogP contribution in [-0.2, 0) is 6.54 Å². The van der Waals surface area contributed by atoms with E-state index in [1.165, 1.54) is 19.4 Å². The standard InChI is InChI=1S/C27H36ClN7/c1-27-16-21(28)8-9-23(27)35-25(18-33(19-27)17-22-6-5-13-32(22)2)30-31-26(35)20-10-14-34(15-11-20)24-7-3-4-12-29-24/h3-4,7-9,12,16,20,22-23H,5-6,10-11,13-15,17-19H2,1-2H3/t22-,23?,27?/m0/s1. The molecule has 2 saturated heterocycles. The van der Waals surface area contributed by atoms with Gasteiger partial charge in [-0.1, -0.05) is 36.7 Å². The van der Waals surface area contributed by atoms with Gasteiger partial charge in [0.2, 0.25) is 0 Å². The Bertz CT molecular complexity index is 1100. The summed E-state index contributed by atoms with van der Waals surface area (Å²) in [7, 11) is 2.26. The molecule has 4 aliphatic rings. The summed E-state index contributed by atoms with van der Waals surface area (Å²) in [6, 6.07) is 6.95. The number of pyridine rings is 1. The Balaban J connectivity index is 1.28. The van der Waals surface area contributed by atoms with Gasteiger partial charge in [0.05, 0.1) is 12.6 Å². The third-order valence-corrected chi connectivity index (χ3v) is 8.79. The molecule has 0 bridgehead atoms. The number of nitrogens with zero attached hydrogens (tertiary/aromatic N) is 7. The van der Waals surface area contributed by atoms with Gasteiger partial charge in [-0.25, -0.2) is 4.98 Å². The summed E-state index contributed by atoms with van der Waals surface area (Å²) in [5, 5.41) is 10.5. The molecule has 5 heterocycles. The smallest absolute Gasteiger partial charge is 0.147 e. The Labute approximate surface area is 213 Å². The van der Waals surface area contributed by atoms with Crippen molar-refractivity contribution in [2.24, 2.45) is 5.41 Å². The summed E-state index contributed by atoms with van der Waals surface area (Å²) in [5.74, 6) is 3.72. The highest BCUT2D eigenvalue weighted by molar-refractivity contribution is 6.31. The molecule has 6 rings (SSSR count). The van der Waals surface area contributed by atoms with Crippen LogP contribution in [-0.4, -0.2) is 75.4 Å². The second-order valence-corrected chi connectivity index (χ2v) is 11.5. The number of piperidine rings is 1. The quantitative estimate of drug-likeness (QED) is 0.636. The molecule has 2 aromatic heterocycles. The van der Waals surface area contributed by atoms with Crippen molar-refractivity contribution in [3.63, 3.8) is 0 Å². The molecule has 0 N–H and O–H groups in total. The van der Waals surface area contributed by atoms with Gasteiger partial charge in [-0.05, 0) is 57.5 Å². The van der Waals surface area contributed by atoms with Crippen LogP contribution in [0.4, 0.5) is 5.82 Å². The highest BCUT2D eigenvalue weighted by atomic mass is 35.5. The lowest BCUT2D eigenvalue weighted by Crippen LogP contribution is -2.43. The molecule has 7 nitrogen and oxygen atoms in total. The number of rotatable bonds is 4. The molecular formula is C27H36ClN7. The van der Waals surface area contributed by atoms with E-state index in [1.54, 1.807) is 0 Å². The van der Waals surface area contributed by atoms with Gasteiger partial charge in [0, 0.05) is 54.8 Å². The van der Waals surface area contributed by atoms with Gasteiger partial charge in [0.25, 0.3) is 0 Å². The molecular weight excluding hydrogens is 458 g/mol. The fourth-order valence-corrected chi connectivity index (χ4v) is 7.00. The second kappa shape index (κ2) is 9.34. The number of allylic oxidation sites excluding steroid dienone is 3. The predicted octanol–water partition coefficient (Wildman–Crippen LogP) is 4.21. The van der Waals surface area contributed by atoms with Gasteiger partial charge in [0.1, 0.15) is 17.5 Å². The minimum atomic E-state index is -0.0972. The van der Waals surface area contributed by atoms with Gasteiger partial charge in [-0.3, -0.25) is 4.90 Å². The fourth-order valence-electron chi connectivity index (χ4n) is 6.68. The first kappa shape index (κ1) is 23.2. The Morgan fingerprint density at radius 2 is 1.97 bits per heavy atom. The van der Waals surface area contributed by atoms with Crippen molar-refractivity contribution in [1.82, 2.24) is 29.5 Å². The number of likely N-dealkylation sites (N-methyl/N-ethyl adjacent to an activating group) is 1. The van der Waals surface area contributed by atoms with Gasteiger partial charge >= 0.3 is 0 Å². The summed E-state index contributed by atoms with van der Waals surface area (Å²) in [6.45, 7) is 8.43. The Hall–Kier alpha value is -2.22. The summed E-state index contributed by atoms with van der Waals surface area (Å²) in [5.41, 5.74) is -0.0972. The van der Waals surface area contributed by atoms with Crippen LogP contribution >= 0.6 is 11.6 Å². The second-order valence-electron chi connectivity index (χ2n) is 11.1. The lowest BCUT2D eigenvalue weighted by atomic mass is 9.78. The van der Waals surface area contributed by atoms with Crippen molar-refractivity contribution in [1.29, 1.82) is 0 Å². The molecule has 0 radical (unpaired) electrons. The molecule has 3 aliphatic heterocycles. The topological polar surface area (TPSA) is 53.3 Å². The SMILES string of the molecule is CN1CCC[C@H]1CN1Cc2nnc(C3CCN(c4ccccn4)CC3)n2C2C=CC(Cl)=CC2(C)C1. The van der Waals surface area contributed by atoms with Crippen molar-refractivity contribution in [2.45, 2.75) is 57.2 Å². The molecule has 2 aromatic rings. The minimum absolute atomic E-state index is 0.0972. The van der Waals surface area contributed by atoms with Gasteiger partial charge in [0.15, 0.2) is 0 Å². The molecule has 35 heavy (non-hydrogen) atoms. The maximum Gasteiger partial charge on any atom is 0.147 e. The van der Waals surface area contributed by atoms with E-state index in [4.69, 9.17) is 21.8 Å². The summed E-state index contributed by atoms with van der Waals surface area (Å²) >= 11 is 6.58. The van der Waals surface area contributed by atoms with E-state index in [2.05, 4.69) is 68.6 Å². The van der Waals surface area contributed by atoms with E-state index in [9.17, 15) is 0 Å². The zero-order valence-electron chi connectivity index (χ0n) is 20.9. The molecule has 3 atom stereocenters. The van der Waals surface area contributed by atoms with Gasteiger partial charge in [-0.2, -0.15) is 0 Å². The lowest BCUT2D eigenvalue weighted by Gasteiger charge is -2.39. The molecule has 2 unspecified atom stereocenters. The van der Waals surface area contributed by atoms with Crippen LogP contribution in [0.15, 0.2) is 47.7 Å². The summed E-state index contributed by atoms with van der Waals surface area (Å²) < 4.78 is 2.47. The Morgan fingerprint density at radius 3 is 2.71 bits per heavy atom. The Kier molecular flexibility index (Phi) is 6.19. The predicted molar refractivity (Wildman–Crippen MR) is 140 cm³/mol. The zero-order chi connectivity index (χ0) is 24.0. The van der Waals surface area contributed by atoms with Gasteiger partial charge in [-0.15, -0.1) is 10.2 Å². The molecule has 8 heteroatoms. The van der Waals surface area contributed by atoms with Crippen LogP contribution in [0, 0.1) is 5.41 Å². The number of halogens is 1. The van der Waals surface area contributed by atoms with Crippen LogP contribution in [0.1, 0.15) is 56.2 Å². The maximum absolute atomic E-state index is 6.58. The monoisotopic (exact) mass is 493 g/mol. The van der Waals surface area contributed by atoms with Crippen molar-refractivity contribution >= 4 is 17.4 Å². The average Bonchev–Trinajstić information content (AvgIpc) is 3.42. The van der Waals surface area contributed by atoms with Crippen LogP contribution in [0.3, 0.4) is 0 Å². The van der Waals surface area contributed by atoms with E-state index >= 15 is 0 Å². The molecule has 2 fully saturated rings. The number of likely N-dealkylation sites (tertiary alicyclic amines) is 1. The first-order chi connectivity index (χ1) is 17.0. The Morgan fingerprint density at radius 1 is 1.11 bits per heavy atom. The third kappa shape index (κ3) is 4.43. The van der Waals surface area contributed by atoms with Crippen molar-refractivity contribution in [2.75, 3.05) is 44.7 Å². The highest BCUT2D eigenvalue weighted by Gasteiger charge is 2.43. The minimum Gasteiger partial charge on any atom is -0.357 e. The average molecular weight is 494 g/mol. The third-order valence-electron chi connectivity index (χ3n) is 8.56. The molecule has 0 amide bonds. The number of anilines is 1. The fraction of sp³-hybridized carbons (Fsp3) is 0.593. The van der Waals surface area contributed by atoms with Crippen molar-refractivity contribution in [3.8, 4) is 0 Å². The highest BCUT2D eigenvalue weighted by Crippen LogP contribution is 2.45. The summed E-state index contributed by atoms with van der Waals surface area (Å²) in [4.78, 5) is 12.1. The molecule has 0 saturated carbocycles. The first-order valence-electron chi connectivity index (χ1n) is 13.1. The largest absolute Gasteiger partial charge is 0.357 e. The number of hydrogen-bond acceptors (Lipinski definition) is 6. The van der Waals surface area contributed by atoms with Crippen LogP contribution in [0.5, 0.6) is 0 Å². The number of fused-ring (bicyclic) bond motifs is 3. The van der Waals surface area contributed by atoms with E-state index in [0.29, 0.717) is 12.0 Å². The lowest BCUT2D eigenvalue weighted by molar-refractivity contribution is 0.141. The maximum atomic E-state index is 6.58. The zero-order valence-corrected chi connectivity index (χ0v) is 21.6. The van der Waals surface area contributed by atoms with Crippen molar-refractivity contribution < 1.29 is 0 Å². The van der Waals surface area contributed by atoms with E-state index in [0.717, 1.165) is 68.1 Å². The van der Waals surface area contributed by atoms with Crippen LogP contribution in [0.2, 0.25) is 0 Å². The molecule has 0 spiro atoms. The van der Waals surface area contributed by atoms with Gasteiger partial charge < -0.3 is 14.4 Å². The van der Waals surface area contributed by atoms with Crippen molar-refractivity contribution in [3.05, 3.63) is 59.3 Å².